The highest BCUT2D eigenvalue weighted by Gasteiger charge is 2.19. The number of nitrogens with one attached hydrogen (secondary N) is 1. The smallest absolute Gasteiger partial charge is 0.240 e. The fraction of sp³-hybridized carbons (Fsp3) is 0.471. The van der Waals surface area contributed by atoms with Crippen LogP contribution in [-0.4, -0.2) is 24.8 Å². The van der Waals surface area contributed by atoms with Gasteiger partial charge in [-0.3, -0.25) is 0 Å². The molecule has 2 heterocycles. The van der Waals surface area contributed by atoms with E-state index in [2.05, 4.69) is 30.6 Å². The van der Waals surface area contributed by atoms with Gasteiger partial charge < -0.3 is 4.74 Å². The minimum atomic E-state index is -3.56. The molecule has 6 nitrogen and oxygen atoms in total. The summed E-state index contributed by atoms with van der Waals surface area (Å²) < 4.78 is 34.7. The lowest BCUT2D eigenvalue weighted by atomic mass is 9.87. The van der Waals surface area contributed by atoms with Crippen molar-refractivity contribution in [1.29, 1.82) is 0 Å². The molecule has 1 N–H and O–H groups in total. The summed E-state index contributed by atoms with van der Waals surface area (Å²) in [5, 5.41) is 4.36. The lowest BCUT2D eigenvalue weighted by molar-refractivity contribution is 0.230. The molecule has 1 aromatic heterocycles. The van der Waals surface area contributed by atoms with Crippen molar-refractivity contribution in [3.05, 3.63) is 41.6 Å². The van der Waals surface area contributed by atoms with Crippen LogP contribution in [0.15, 0.2) is 35.2 Å². The first-order chi connectivity index (χ1) is 11.3. The van der Waals surface area contributed by atoms with Gasteiger partial charge in [0.25, 0.3) is 0 Å². The molecule has 0 bridgehead atoms. The van der Waals surface area contributed by atoms with E-state index in [0.29, 0.717) is 18.2 Å². The molecule has 24 heavy (non-hydrogen) atoms. The summed E-state index contributed by atoms with van der Waals surface area (Å²) in [5.74, 6) is 0.699. The minimum absolute atomic E-state index is 0.00871. The summed E-state index contributed by atoms with van der Waals surface area (Å²) in [7, 11) is -3.56. The predicted octanol–water partition coefficient (Wildman–Crippen LogP) is 2.44. The number of sulfonamides is 1. The molecule has 0 amide bonds. The molecule has 0 atom stereocenters. The SMILES string of the molecule is CC(C)(C)c1ccc(S(=O)(=O)NCc2cc3n(n2)CCCO3)cc1. The van der Waals surface area contributed by atoms with Crippen molar-refractivity contribution < 1.29 is 13.2 Å². The summed E-state index contributed by atoms with van der Waals surface area (Å²) in [5.41, 5.74) is 1.74. The van der Waals surface area contributed by atoms with Gasteiger partial charge in [0, 0.05) is 19.0 Å². The lowest BCUT2D eigenvalue weighted by Gasteiger charge is -2.19. The van der Waals surface area contributed by atoms with Gasteiger partial charge in [0.15, 0.2) is 0 Å². The van der Waals surface area contributed by atoms with Crippen molar-refractivity contribution in [2.45, 2.75) is 50.6 Å². The van der Waals surface area contributed by atoms with Crippen molar-refractivity contribution in [3.8, 4) is 5.88 Å². The van der Waals surface area contributed by atoms with E-state index in [0.717, 1.165) is 18.5 Å². The fourth-order valence-electron chi connectivity index (χ4n) is 2.59. The van der Waals surface area contributed by atoms with E-state index in [-0.39, 0.29) is 16.9 Å². The first-order valence-electron chi connectivity index (χ1n) is 8.05. The van der Waals surface area contributed by atoms with Crippen LogP contribution in [0.2, 0.25) is 0 Å². The molecule has 130 valence electrons. The second-order valence-electron chi connectivity index (χ2n) is 7.00. The van der Waals surface area contributed by atoms with Crippen LogP contribution in [0.4, 0.5) is 0 Å². The molecule has 0 saturated carbocycles. The van der Waals surface area contributed by atoms with Crippen molar-refractivity contribution in [1.82, 2.24) is 14.5 Å². The zero-order valence-electron chi connectivity index (χ0n) is 14.2. The molecule has 7 heteroatoms. The number of rotatable bonds is 4. The van der Waals surface area contributed by atoms with Crippen LogP contribution in [-0.2, 0) is 28.5 Å². The molecule has 0 radical (unpaired) electrons. The van der Waals surface area contributed by atoms with Crippen LogP contribution in [0.1, 0.15) is 38.4 Å². The highest BCUT2D eigenvalue weighted by atomic mass is 32.2. The van der Waals surface area contributed by atoms with Crippen LogP contribution >= 0.6 is 0 Å². The molecule has 1 aliphatic heterocycles. The van der Waals surface area contributed by atoms with Crippen LogP contribution < -0.4 is 9.46 Å². The Bertz CT molecular complexity index is 794. The number of nitrogens with zero attached hydrogens (tertiary/aromatic N) is 2. The zero-order chi connectivity index (χ0) is 17.4. The molecular formula is C17H23N3O3S. The minimum Gasteiger partial charge on any atom is -0.478 e. The van der Waals surface area contributed by atoms with Crippen molar-refractivity contribution >= 4 is 10.0 Å². The second kappa shape index (κ2) is 6.22. The maximum Gasteiger partial charge on any atom is 0.240 e. The molecule has 0 unspecified atom stereocenters. The Morgan fingerprint density at radius 1 is 1.25 bits per heavy atom. The Balaban J connectivity index is 1.70. The average molecular weight is 349 g/mol. The third kappa shape index (κ3) is 3.62. The third-order valence-electron chi connectivity index (χ3n) is 4.03. The van der Waals surface area contributed by atoms with E-state index in [1.54, 1.807) is 22.9 Å². The molecule has 2 aromatic rings. The zero-order valence-corrected chi connectivity index (χ0v) is 15.1. The average Bonchev–Trinajstić information content (AvgIpc) is 2.95. The van der Waals surface area contributed by atoms with Gasteiger partial charge in [0.1, 0.15) is 0 Å². The molecule has 1 aliphatic rings. The molecule has 0 saturated heterocycles. The molecule has 1 aromatic carbocycles. The number of aryl methyl sites for hydroxylation is 1. The highest BCUT2D eigenvalue weighted by Crippen LogP contribution is 2.23. The number of hydrogen-bond acceptors (Lipinski definition) is 4. The summed E-state index contributed by atoms with van der Waals surface area (Å²) in [6.07, 6.45) is 0.917. The molecule has 3 rings (SSSR count). The first kappa shape index (κ1) is 17.0. The Morgan fingerprint density at radius 2 is 1.96 bits per heavy atom. The summed E-state index contributed by atoms with van der Waals surface area (Å²) in [6.45, 7) is 7.91. The van der Waals surface area contributed by atoms with Gasteiger partial charge in [-0.2, -0.15) is 5.10 Å². The lowest BCUT2D eigenvalue weighted by Crippen LogP contribution is -2.24. The predicted molar refractivity (Wildman–Crippen MR) is 91.5 cm³/mol. The Morgan fingerprint density at radius 3 is 2.58 bits per heavy atom. The highest BCUT2D eigenvalue weighted by molar-refractivity contribution is 7.89. The largest absolute Gasteiger partial charge is 0.478 e. The molecule has 0 fully saturated rings. The Kier molecular flexibility index (Phi) is 4.40. The number of benzene rings is 1. The number of hydrogen-bond donors (Lipinski definition) is 1. The van der Waals surface area contributed by atoms with Gasteiger partial charge >= 0.3 is 0 Å². The van der Waals surface area contributed by atoms with Gasteiger partial charge in [0.2, 0.25) is 15.9 Å². The van der Waals surface area contributed by atoms with Crippen LogP contribution in [0.3, 0.4) is 0 Å². The van der Waals surface area contributed by atoms with Crippen molar-refractivity contribution in [3.63, 3.8) is 0 Å². The van der Waals surface area contributed by atoms with Gasteiger partial charge in [-0.05, 0) is 23.1 Å². The van der Waals surface area contributed by atoms with E-state index in [4.69, 9.17) is 4.74 Å². The quantitative estimate of drug-likeness (QED) is 0.920. The second-order valence-corrected chi connectivity index (χ2v) is 8.76. The topological polar surface area (TPSA) is 73.2 Å². The summed E-state index contributed by atoms with van der Waals surface area (Å²) >= 11 is 0. The fourth-order valence-corrected chi connectivity index (χ4v) is 3.59. The normalized spacial score (nSPS) is 15.0. The van der Waals surface area contributed by atoms with E-state index in [9.17, 15) is 8.42 Å². The van der Waals surface area contributed by atoms with Gasteiger partial charge in [-0.25, -0.2) is 17.8 Å². The Labute approximate surface area is 142 Å². The molecule has 0 aliphatic carbocycles. The van der Waals surface area contributed by atoms with Crippen molar-refractivity contribution in [2.24, 2.45) is 0 Å². The number of ether oxygens (including phenoxy) is 1. The number of aromatic nitrogens is 2. The third-order valence-corrected chi connectivity index (χ3v) is 5.45. The van der Waals surface area contributed by atoms with Crippen LogP contribution in [0.25, 0.3) is 0 Å². The van der Waals surface area contributed by atoms with E-state index >= 15 is 0 Å². The van der Waals surface area contributed by atoms with E-state index < -0.39 is 10.0 Å². The molecule has 0 spiro atoms. The summed E-state index contributed by atoms with van der Waals surface area (Å²) in [6, 6.07) is 8.79. The van der Waals surface area contributed by atoms with E-state index in [1.807, 2.05) is 12.1 Å². The maximum absolute atomic E-state index is 12.4. The Hall–Kier alpha value is -1.86. The van der Waals surface area contributed by atoms with Gasteiger partial charge in [-0.1, -0.05) is 32.9 Å². The molecular weight excluding hydrogens is 326 g/mol. The van der Waals surface area contributed by atoms with Gasteiger partial charge in [-0.15, -0.1) is 0 Å². The maximum atomic E-state index is 12.4. The van der Waals surface area contributed by atoms with Gasteiger partial charge in [0.05, 0.1) is 23.7 Å². The standard InChI is InChI=1S/C17H23N3O3S/c1-17(2,3)13-5-7-15(8-6-13)24(21,22)18-12-14-11-16-20(19-14)9-4-10-23-16/h5-8,11,18H,4,9-10,12H2,1-3H3. The van der Waals surface area contributed by atoms with Crippen LogP contribution in [0.5, 0.6) is 5.88 Å². The van der Waals surface area contributed by atoms with E-state index in [1.165, 1.54) is 0 Å². The van der Waals surface area contributed by atoms with Crippen molar-refractivity contribution in [2.75, 3.05) is 6.61 Å². The monoisotopic (exact) mass is 349 g/mol. The van der Waals surface area contributed by atoms with Crippen LogP contribution in [0, 0.1) is 0 Å². The number of fused-ring (bicyclic) bond motifs is 1. The first-order valence-corrected chi connectivity index (χ1v) is 9.54. The summed E-state index contributed by atoms with van der Waals surface area (Å²) in [4.78, 5) is 0.260.